The van der Waals surface area contributed by atoms with E-state index in [9.17, 15) is 4.79 Å². The van der Waals surface area contributed by atoms with Gasteiger partial charge in [-0.05, 0) is 63.1 Å². The van der Waals surface area contributed by atoms with Crippen LogP contribution in [0.3, 0.4) is 0 Å². The maximum Gasteiger partial charge on any atom is 0.255 e. The third-order valence-electron chi connectivity index (χ3n) is 6.17. The normalized spacial score (nSPS) is 13.2. The minimum atomic E-state index is -0.186. The van der Waals surface area contributed by atoms with Gasteiger partial charge in [-0.1, -0.05) is 23.7 Å². The molecule has 1 amide bonds. The lowest BCUT2D eigenvalue weighted by Crippen LogP contribution is -2.12. The number of anilines is 1. The number of aromatic nitrogens is 4. The summed E-state index contributed by atoms with van der Waals surface area (Å²) in [4.78, 5) is 12.8. The largest absolute Gasteiger partial charge is 0.489 e. The van der Waals surface area contributed by atoms with Gasteiger partial charge in [0, 0.05) is 29.8 Å². The molecule has 5 rings (SSSR count). The van der Waals surface area contributed by atoms with Crippen LogP contribution in [-0.4, -0.2) is 25.8 Å². The molecular formula is C26H27N5O3. The second kappa shape index (κ2) is 9.51. The highest BCUT2D eigenvalue weighted by Gasteiger charge is 2.17. The number of carbonyl (C=O) groups is 1. The molecule has 0 radical (unpaired) electrons. The average molecular weight is 458 g/mol. The van der Waals surface area contributed by atoms with Gasteiger partial charge in [0.15, 0.2) is 5.82 Å². The molecular weight excluding hydrogens is 430 g/mol. The molecule has 8 nitrogen and oxygen atoms in total. The fraction of sp³-hybridized carbons (Fsp3) is 0.308. The van der Waals surface area contributed by atoms with Crippen LogP contribution < -0.4 is 10.1 Å². The van der Waals surface area contributed by atoms with Crippen molar-refractivity contribution < 1.29 is 14.1 Å². The summed E-state index contributed by atoms with van der Waals surface area (Å²) >= 11 is 0. The van der Waals surface area contributed by atoms with E-state index in [-0.39, 0.29) is 5.91 Å². The number of nitrogens with one attached hydrogen (secondary N) is 1. The first-order valence-corrected chi connectivity index (χ1v) is 11.6. The first kappa shape index (κ1) is 21.9. The lowest BCUT2D eigenvalue weighted by Gasteiger charge is -2.10. The molecule has 34 heavy (non-hydrogen) atoms. The molecule has 0 spiro atoms. The quantitative estimate of drug-likeness (QED) is 0.432. The lowest BCUT2D eigenvalue weighted by molar-refractivity contribution is 0.102. The molecule has 2 aromatic heterocycles. The Bertz CT molecular complexity index is 1290. The van der Waals surface area contributed by atoms with Gasteiger partial charge in [-0.15, -0.1) is 10.2 Å². The Morgan fingerprint density at radius 3 is 2.74 bits per heavy atom. The Morgan fingerprint density at radius 1 is 1.09 bits per heavy atom. The summed E-state index contributed by atoms with van der Waals surface area (Å²) < 4.78 is 13.2. The molecule has 0 saturated heterocycles. The molecule has 0 fully saturated rings. The number of benzene rings is 2. The molecule has 1 N–H and O–H groups in total. The van der Waals surface area contributed by atoms with Crippen molar-refractivity contribution in [1.82, 2.24) is 19.9 Å². The van der Waals surface area contributed by atoms with Crippen LogP contribution in [0.15, 0.2) is 53.1 Å². The summed E-state index contributed by atoms with van der Waals surface area (Å²) in [6.45, 7) is 5.04. The van der Waals surface area contributed by atoms with Crippen LogP contribution in [0.2, 0.25) is 0 Å². The van der Waals surface area contributed by atoms with Gasteiger partial charge in [-0.3, -0.25) is 4.79 Å². The molecule has 4 aromatic rings. The van der Waals surface area contributed by atoms with Crippen molar-refractivity contribution in [2.75, 3.05) is 5.32 Å². The Labute approximate surface area is 197 Å². The maximum absolute atomic E-state index is 12.8. The van der Waals surface area contributed by atoms with Gasteiger partial charge in [-0.25, -0.2) is 0 Å². The number of hydrogen-bond acceptors (Lipinski definition) is 6. The van der Waals surface area contributed by atoms with Crippen LogP contribution in [0.25, 0.3) is 11.4 Å². The standard InChI is InChI=1S/C26H27N5O3/c1-17-23(18(2)34-30-17)16-33-22-12-10-19(11-13-22)26(32)27-21-8-6-7-20(15-21)25-29-28-24-9-4-3-5-14-31(24)25/h6-8,10-13,15H,3-5,9,14,16H2,1-2H3,(H,27,32). The Hall–Kier alpha value is -3.94. The highest BCUT2D eigenvalue weighted by Crippen LogP contribution is 2.25. The van der Waals surface area contributed by atoms with Gasteiger partial charge >= 0.3 is 0 Å². The monoisotopic (exact) mass is 457 g/mol. The van der Waals surface area contributed by atoms with Crippen LogP contribution in [-0.2, 0) is 19.6 Å². The topological polar surface area (TPSA) is 95.1 Å². The van der Waals surface area contributed by atoms with E-state index in [0.29, 0.717) is 23.6 Å². The van der Waals surface area contributed by atoms with Gasteiger partial charge in [-0.2, -0.15) is 0 Å². The average Bonchev–Trinajstić information content (AvgIpc) is 3.31. The Kier molecular flexibility index (Phi) is 6.12. The van der Waals surface area contributed by atoms with E-state index in [0.717, 1.165) is 60.0 Å². The third kappa shape index (κ3) is 4.57. The zero-order chi connectivity index (χ0) is 23.5. The number of ether oxygens (including phenoxy) is 1. The van der Waals surface area contributed by atoms with Crippen molar-refractivity contribution in [2.45, 2.75) is 52.7 Å². The maximum atomic E-state index is 12.8. The third-order valence-corrected chi connectivity index (χ3v) is 6.17. The van der Waals surface area contributed by atoms with Crippen molar-refractivity contribution in [2.24, 2.45) is 0 Å². The van der Waals surface area contributed by atoms with E-state index in [2.05, 4.69) is 25.2 Å². The summed E-state index contributed by atoms with van der Waals surface area (Å²) in [6.07, 6.45) is 4.45. The molecule has 174 valence electrons. The molecule has 0 aliphatic carbocycles. The number of carbonyl (C=O) groups excluding carboxylic acids is 1. The zero-order valence-electron chi connectivity index (χ0n) is 19.4. The number of nitrogens with zero attached hydrogens (tertiary/aromatic N) is 4. The smallest absolute Gasteiger partial charge is 0.255 e. The zero-order valence-corrected chi connectivity index (χ0v) is 19.4. The number of amides is 1. The molecule has 0 bridgehead atoms. The molecule has 0 unspecified atom stereocenters. The van der Waals surface area contributed by atoms with E-state index in [4.69, 9.17) is 9.26 Å². The number of rotatable bonds is 6. The van der Waals surface area contributed by atoms with Crippen molar-refractivity contribution in [3.05, 3.63) is 76.9 Å². The van der Waals surface area contributed by atoms with Crippen LogP contribution in [0.4, 0.5) is 5.69 Å². The van der Waals surface area contributed by atoms with Crippen molar-refractivity contribution in [1.29, 1.82) is 0 Å². The molecule has 8 heteroatoms. The van der Waals surface area contributed by atoms with Crippen LogP contribution in [0, 0.1) is 13.8 Å². The fourth-order valence-electron chi connectivity index (χ4n) is 4.20. The lowest BCUT2D eigenvalue weighted by atomic mass is 10.1. The molecule has 2 aromatic carbocycles. The minimum Gasteiger partial charge on any atom is -0.489 e. The highest BCUT2D eigenvalue weighted by molar-refractivity contribution is 6.04. The molecule has 0 saturated carbocycles. The summed E-state index contributed by atoms with van der Waals surface area (Å²) in [5, 5.41) is 15.7. The Morgan fingerprint density at radius 2 is 1.94 bits per heavy atom. The first-order valence-electron chi connectivity index (χ1n) is 11.6. The van der Waals surface area contributed by atoms with Crippen LogP contribution >= 0.6 is 0 Å². The van der Waals surface area contributed by atoms with E-state index >= 15 is 0 Å². The van der Waals surface area contributed by atoms with Crippen LogP contribution in [0.5, 0.6) is 5.75 Å². The van der Waals surface area contributed by atoms with Gasteiger partial charge in [0.2, 0.25) is 0 Å². The second-order valence-electron chi connectivity index (χ2n) is 8.55. The Balaban J connectivity index is 1.25. The van der Waals surface area contributed by atoms with E-state index in [1.165, 1.54) is 6.42 Å². The van der Waals surface area contributed by atoms with Gasteiger partial charge in [0.25, 0.3) is 5.91 Å². The van der Waals surface area contributed by atoms with Crippen molar-refractivity contribution in [3.63, 3.8) is 0 Å². The molecule has 1 aliphatic heterocycles. The van der Waals surface area contributed by atoms with Crippen LogP contribution in [0.1, 0.15) is 52.5 Å². The van der Waals surface area contributed by atoms with E-state index < -0.39 is 0 Å². The van der Waals surface area contributed by atoms with E-state index in [1.807, 2.05) is 38.1 Å². The van der Waals surface area contributed by atoms with Crippen molar-refractivity contribution in [3.8, 4) is 17.1 Å². The SMILES string of the molecule is Cc1noc(C)c1COc1ccc(C(=O)Nc2cccc(-c3nnc4n3CCCCC4)c2)cc1. The van der Waals surface area contributed by atoms with Crippen molar-refractivity contribution >= 4 is 11.6 Å². The molecule has 1 aliphatic rings. The summed E-state index contributed by atoms with van der Waals surface area (Å²) in [5.41, 5.74) is 3.96. The second-order valence-corrected chi connectivity index (χ2v) is 8.55. The minimum absolute atomic E-state index is 0.186. The fourth-order valence-corrected chi connectivity index (χ4v) is 4.20. The summed E-state index contributed by atoms with van der Waals surface area (Å²) in [7, 11) is 0. The highest BCUT2D eigenvalue weighted by atomic mass is 16.5. The number of aryl methyl sites for hydroxylation is 3. The number of hydrogen-bond donors (Lipinski definition) is 1. The predicted octanol–water partition coefficient (Wildman–Crippen LogP) is 5.11. The predicted molar refractivity (Wildman–Crippen MR) is 128 cm³/mol. The van der Waals surface area contributed by atoms with Gasteiger partial charge in [0.1, 0.15) is 23.9 Å². The summed E-state index contributed by atoms with van der Waals surface area (Å²) in [5.74, 6) is 3.13. The molecule has 0 atom stereocenters. The van der Waals surface area contributed by atoms with Gasteiger partial charge < -0.3 is 19.1 Å². The van der Waals surface area contributed by atoms with E-state index in [1.54, 1.807) is 24.3 Å². The molecule has 3 heterocycles. The summed E-state index contributed by atoms with van der Waals surface area (Å²) in [6, 6.07) is 14.8. The van der Waals surface area contributed by atoms with Gasteiger partial charge in [0.05, 0.1) is 11.3 Å². The number of fused-ring (bicyclic) bond motifs is 1. The first-order chi connectivity index (χ1) is 16.6.